The molecule has 1 amide bonds. The number of carbonyl (C=O) groups excluding carboxylic acids is 1. The third-order valence-electron chi connectivity index (χ3n) is 1.41. The first kappa shape index (κ1) is 12.2. The Balaban J connectivity index is 4.00. The normalized spacial score (nSPS) is 13.1. The van der Waals surface area contributed by atoms with Crippen LogP contribution < -0.4 is 5.32 Å². The van der Waals surface area contributed by atoms with Crippen molar-refractivity contribution >= 4 is 27.5 Å². The van der Waals surface area contributed by atoms with Crippen molar-refractivity contribution in [1.82, 2.24) is 5.32 Å². The molecule has 1 atom stereocenters. The van der Waals surface area contributed by atoms with Crippen molar-refractivity contribution in [3.8, 4) is 0 Å². The number of hydrogen-bond donors (Lipinski definition) is 1. The van der Waals surface area contributed by atoms with Crippen LogP contribution in [0.3, 0.4) is 0 Å². The van der Waals surface area contributed by atoms with Crippen LogP contribution in [0, 0.1) is 5.92 Å². The summed E-state index contributed by atoms with van der Waals surface area (Å²) in [5, 5.41) is 2.92. The van der Waals surface area contributed by atoms with Crippen molar-refractivity contribution in [2.24, 2.45) is 5.92 Å². The first-order valence-corrected chi connectivity index (χ1v) is 6.72. The summed E-state index contributed by atoms with van der Waals surface area (Å²) in [6.45, 7) is 6.81. The average Bonchev–Trinajstić information content (AvgIpc) is 1.99. The molecule has 0 saturated carbocycles. The summed E-state index contributed by atoms with van der Waals surface area (Å²) in [6, 6.07) is 0. The Morgan fingerprint density at radius 1 is 1.50 bits per heavy atom. The summed E-state index contributed by atoms with van der Waals surface area (Å²) >= 11 is 0. The van der Waals surface area contributed by atoms with E-state index in [1.807, 2.05) is 13.2 Å². The maximum atomic E-state index is 11.4. The van der Waals surface area contributed by atoms with Gasteiger partial charge in [-0.3, -0.25) is 4.79 Å². The van der Waals surface area contributed by atoms with Crippen LogP contribution in [0.25, 0.3) is 0 Å². The minimum Gasteiger partial charge on any atom is -0.355 e. The van der Waals surface area contributed by atoms with Gasteiger partial charge in [0.15, 0.2) is 0 Å². The third-order valence-corrected chi connectivity index (χ3v) is 3.77. The lowest BCUT2D eigenvalue weighted by Crippen LogP contribution is -2.35. The summed E-state index contributed by atoms with van der Waals surface area (Å²) < 4.78 is 0. The molecule has 72 valence electrons. The van der Waals surface area contributed by atoms with Crippen LogP contribution in [0.4, 0.5) is 0 Å². The monoisotopic (exact) mass is 207 g/mol. The Labute approximate surface area is 82.7 Å². The molecule has 0 rings (SSSR count). The summed E-state index contributed by atoms with van der Waals surface area (Å²) in [6.07, 6.45) is 2.00. The molecule has 12 heavy (non-hydrogen) atoms. The predicted molar refractivity (Wildman–Crippen MR) is 58.4 cm³/mol. The average molecular weight is 207 g/mol. The van der Waals surface area contributed by atoms with Crippen molar-refractivity contribution in [2.45, 2.75) is 26.0 Å². The SMILES string of the molecule is CCNC(=O)C(SSC)C(C)C. The fraction of sp³-hybridized carbons (Fsp3) is 0.875. The fourth-order valence-corrected chi connectivity index (χ4v) is 2.99. The van der Waals surface area contributed by atoms with Gasteiger partial charge in [-0.05, 0) is 19.1 Å². The molecule has 0 heterocycles. The molecule has 4 heteroatoms. The van der Waals surface area contributed by atoms with E-state index in [1.54, 1.807) is 21.6 Å². The minimum absolute atomic E-state index is 0.0833. The molecule has 2 nitrogen and oxygen atoms in total. The second-order valence-corrected chi connectivity index (χ2v) is 5.43. The molecule has 0 bridgehead atoms. The highest BCUT2D eigenvalue weighted by Gasteiger charge is 2.21. The molecule has 0 spiro atoms. The Kier molecular flexibility index (Phi) is 6.76. The molecule has 0 saturated heterocycles. The first-order chi connectivity index (χ1) is 5.63. The molecule has 0 aromatic carbocycles. The van der Waals surface area contributed by atoms with E-state index in [2.05, 4.69) is 19.2 Å². The lowest BCUT2D eigenvalue weighted by atomic mass is 10.1. The molecule has 0 aliphatic rings. The fourth-order valence-electron chi connectivity index (χ4n) is 0.836. The van der Waals surface area contributed by atoms with E-state index in [0.717, 1.165) is 6.54 Å². The molecular formula is C8H17NOS2. The summed E-state index contributed by atoms with van der Waals surface area (Å²) in [7, 11) is 3.29. The van der Waals surface area contributed by atoms with Gasteiger partial charge in [-0.1, -0.05) is 35.4 Å². The second-order valence-electron chi connectivity index (χ2n) is 2.82. The highest BCUT2D eigenvalue weighted by molar-refractivity contribution is 8.76. The Morgan fingerprint density at radius 3 is 2.42 bits per heavy atom. The van der Waals surface area contributed by atoms with Crippen molar-refractivity contribution in [3.05, 3.63) is 0 Å². The van der Waals surface area contributed by atoms with Crippen LogP contribution in [0.15, 0.2) is 0 Å². The van der Waals surface area contributed by atoms with Gasteiger partial charge in [0, 0.05) is 6.54 Å². The van der Waals surface area contributed by atoms with Gasteiger partial charge in [0.1, 0.15) is 0 Å². The Morgan fingerprint density at radius 2 is 2.08 bits per heavy atom. The number of carbonyl (C=O) groups is 1. The zero-order valence-electron chi connectivity index (χ0n) is 8.09. The van der Waals surface area contributed by atoms with Gasteiger partial charge in [0.25, 0.3) is 0 Å². The van der Waals surface area contributed by atoms with Crippen molar-refractivity contribution in [1.29, 1.82) is 0 Å². The van der Waals surface area contributed by atoms with E-state index >= 15 is 0 Å². The topological polar surface area (TPSA) is 29.1 Å². The maximum Gasteiger partial charge on any atom is 0.234 e. The van der Waals surface area contributed by atoms with Crippen molar-refractivity contribution in [3.63, 3.8) is 0 Å². The quantitative estimate of drug-likeness (QED) is 0.700. The third kappa shape index (κ3) is 4.26. The van der Waals surface area contributed by atoms with E-state index in [-0.39, 0.29) is 11.2 Å². The molecule has 1 N–H and O–H groups in total. The Bertz CT molecular complexity index is 139. The van der Waals surface area contributed by atoms with Crippen LogP contribution in [0.1, 0.15) is 20.8 Å². The standard InChI is InChI=1S/C8H17NOS2/c1-5-9-8(10)7(6(2)3)12-11-4/h6-7H,5H2,1-4H3,(H,9,10). The van der Waals surface area contributed by atoms with Gasteiger partial charge in [-0.2, -0.15) is 0 Å². The first-order valence-electron chi connectivity index (χ1n) is 4.10. The van der Waals surface area contributed by atoms with Gasteiger partial charge in [-0.15, -0.1) is 0 Å². The van der Waals surface area contributed by atoms with E-state index in [0.29, 0.717) is 5.92 Å². The van der Waals surface area contributed by atoms with E-state index in [4.69, 9.17) is 0 Å². The second kappa shape index (κ2) is 6.66. The predicted octanol–water partition coefficient (Wildman–Crippen LogP) is 2.16. The van der Waals surface area contributed by atoms with Gasteiger partial charge < -0.3 is 5.32 Å². The van der Waals surface area contributed by atoms with Crippen molar-refractivity contribution in [2.75, 3.05) is 12.8 Å². The van der Waals surface area contributed by atoms with Crippen LogP contribution >= 0.6 is 21.6 Å². The van der Waals surface area contributed by atoms with Gasteiger partial charge in [0.05, 0.1) is 5.25 Å². The van der Waals surface area contributed by atoms with Crippen molar-refractivity contribution < 1.29 is 4.79 Å². The highest BCUT2D eigenvalue weighted by Crippen LogP contribution is 2.28. The molecule has 0 aromatic rings. The number of amides is 1. The molecule has 0 aliphatic heterocycles. The van der Waals surface area contributed by atoms with E-state index in [1.165, 1.54) is 0 Å². The molecule has 0 aromatic heterocycles. The smallest absolute Gasteiger partial charge is 0.234 e. The largest absolute Gasteiger partial charge is 0.355 e. The van der Waals surface area contributed by atoms with E-state index in [9.17, 15) is 4.79 Å². The van der Waals surface area contributed by atoms with Crippen LogP contribution in [0.2, 0.25) is 0 Å². The minimum atomic E-state index is 0.0833. The summed E-state index contributed by atoms with van der Waals surface area (Å²) in [5.74, 6) is 0.556. The number of nitrogens with one attached hydrogen (secondary N) is 1. The van der Waals surface area contributed by atoms with Crippen LogP contribution in [-0.4, -0.2) is 24.0 Å². The lowest BCUT2D eigenvalue weighted by molar-refractivity contribution is -0.121. The molecule has 0 aliphatic carbocycles. The van der Waals surface area contributed by atoms with Crippen LogP contribution in [0.5, 0.6) is 0 Å². The zero-order chi connectivity index (χ0) is 9.56. The molecule has 0 fully saturated rings. The molecule has 1 unspecified atom stereocenters. The van der Waals surface area contributed by atoms with Gasteiger partial charge in [0.2, 0.25) is 5.91 Å². The highest BCUT2D eigenvalue weighted by atomic mass is 33.1. The van der Waals surface area contributed by atoms with Crippen LogP contribution in [-0.2, 0) is 4.79 Å². The molecular weight excluding hydrogens is 190 g/mol. The Hall–Kier alpha value is 0.170. The van der Waals surface area contributed by atoms with Gasteiger partial charge >= 0.3 is 0 Å². The number of rotatable bonds is 5. The molecule has 0 radical (unpaired) electrons. The van der Waals surface area contributed by atoms with E-state index < -0.39 is 0 Å². The summed E-state index contributed by atoms with van der Waals surface area (Å²) in [4.78, 5) is 11.4. The lowest BCUT2D eigenvalue weighted by Gasteiger charge is -2.17. The van der Waals surface area contributed by atoms with Gasteiger partial charge in [-0.25, -0.2) is 0 Å². The summed E-state index contributed by atoms with van der Waals surface area (Å²) in [5.41, 5.74) is 0. The number of hydrogen-bond acceptors (Lipinski definition) is 3. The maximum absolute atomic E-state index is 11.4. The zero-order valence-corrected chi connectivity index (χ0v) is 9.72.